The molecule has 0 amide bonds. The SMILES string of the molecule is CC(=C(F)F)C1(N)CCCNC1. The van der Waals surface area contributed by atoms with Crippen molar-refractivity contribution in [2.75, 3.05) is 13.1 Å². The van der Waals surface area contributed by atoms with E-state index in [1.54, 1.807) is 0 Å². The highest BCUT2D eigenvalue weighted by atomic mass is 19.3. The average Bonchev–Trinajstić information content (AvgIpc) is 2.04. The van der Waals surface area contributed by atoms with Crippen LogP contribution in [0.1, 0.15) is 19.8 Å². The zero-order valence-electron chi connectivity index (χ0n) is 7.16. The Hall–Kier alpha value is -0.480. The van der Waals surface area contributed by atoms with E-state index >= 15 is 0 Å². The second kappa shape index (κ2) is 3.49. The zero-order chi connectivity index (χ0) is 9.19. The second-order valence-electron chi connectivity index (χ2n) is 3.32. The van der Waals surface area contributed by atoms with Crippen molar-refractivity contribution in [3.05, 3.63) is 11.7 Å². The maximum atomic E-state index is 12.2. The van der Waals surface area contributed by atoms with Gasteiger partial charge in [-0.1, -0.05) is 0 Å². The summed E-state index contributed by atoms with van der Waals surface area (Å²) in [7, 11) is 0. The van der Waals surface area contributed by atoms with Gasteiger partial charge in [-0.2, -0.15) is 8.78 Å². The van der Waals surface area contributed by atoms with Gasteiger partial charge in [0.15, 0.2) is 0 Å². The molecule has 0 aromatic rings. The lowest BCUT2D eigenvalue weighted by atomic mass is 9.85. The number of nitrogens with one attached hydrogen (secondary N) is 1. The van der Waals surface area contributed by atoms with Gasteiger partial charge < -0.3 is 11.1 Å². The summed E-state index contributed by atoms with van der Waals surface area (Å²) in [6.45, 7) is 2.73. The molecule has 1 saturated heterocycles. The first kappa shape index (κ1) is 9.61. The quantitative estimate of drug-likeness (QED) is 0.630. The van der Waals surface area contributed by atoms with Crippen LogP contribution in [-0.4, -0.2) is 18.6 Å². The Labute approximate surface area is 70.8 Å². The summed E-state index contributed by atoms with van der Waals surface area (Å²) >= 11 is 0. The highest BCUT2D eigenvalue weighted by Crippen LogP contribution is 2.25. The van der Waals surface area contributed by atoms with Crippen LogP contribution in [-0.2, 0) is 0 Å². The van der Waals surface area contributed by atoms with E-state index < -0.39 is 11.6 Å². The van der Waals surface area contributed by atoms with Gasteiger partial charge in [-0.05, 0) is 26.3 Å². The predicted octanol–water partition coefficient (Wildman–Crippen LogP) is 1.24. The number of piperidine rings is 1. The summed E-state index contributed by atoms with van der Waals surface area (Å²) in [5.74, 6) is 0. The monoisotopic (exact) mass is 176 g/mol. The Morgan fingerprint density at radius 3 is 2.58 bits per heavy atom. The normalized spacial score (nSPS) is 30.0. The molecular formula is C8H14F2N2. The third-order valence-electron chi connectivity index (χ3n) is 2.45. The Morgan fingerprint density at radius 2 is 2.17 bits per heavy atom. The van der Waals surface area contributed by atoms with Gasteiger partial charge in [-0.25, -0.2) is 0 Å². The van der Waals surface area contributed by atoms with E-state index in [9.17, 15) is 8.78 Å². The van der Waals surface area contributed by atoms with E-state index in [2.05, 4.69) is 5.32 Å². The van der Waals surface area contributed by atoms with E-state index in [0.717, 1.165) is 13.0 Å². The fourth-order valence-corrected chi connectivity index (χ4v) is 1.44. The summed E-state index contributed by atoms with van der Waals surface area (Å²) in [6.07, 6.45) is -0.134. The number of rotatable bonds is 1. The molecule has 3 N–H and O–H groups in total. The molecular weight excluding hydrogens is 162 g/mol. The molecule has 2 nitrogen and oxygen atoms in total. The molecule has 1 unspecified atom stereocenters. The topological polar surface area (TPSA) is 38.0 Å². The molecule has 1 atom stereocenters. The first-order valence-electron chi connectivity index (χ1n) is 4.08. The van der Waals surface area contributed by atoms with Crippen LogP contribution in [0.5, 0.6) is 0 Å². The minimum atomic E-state index is -1.64. The molecule has 1 rings (SSSR count). The van der Waals surface area contributed by atoms with Gasteiger partial charge in [0.2, 0.25) is 0 Å². The fraction of sp³-hybridized carbons (Fsp3) is 0.750. The van der Waals surface area contributed by atoms with E-state index in [4.69, 9.17) is 5.73 Å². The molecule has 0 aliphatic carbocycles. The van der Waals surface area contributed by atoms with E-state index in [1.165, 1.54) is 6.92 Å². The molecule has 0 radical (unpaired) electrons. The van der Waals surface area contributed by atoms with Gasteiger partial charge in [0.25, 0.3) is 6.08 Å². The zero-order valence-corrected chi connectivity index (χ0v) is 7.16. The Balaban J connectivity index is 2.76. The lowest BCUT2D eigenvalue weighted by Crippen LogP contribution is -2.53. The lowest BCUT2D eigenvalue weighted by molar-refractivity contribution is 0.326. The van der Waals surface area contributed by atoms with E-state index in [-0.39, 0.29) is 5.57 Å². The molecule has 1 aliphatic rings. The number of hydrogen-bond donors (Lipinski definition) is 2. The van der Waals surface area contributed by atoms with Crippen LogP contribution >= 0.6 is 0 Å². The van der Waals surface area contributed by atoms with Crippen molar-refractivity contribution in [1.82, 2.24) is 5.32 Å². The number of halogens is 2. The van der Waals surface area contributed by atoms with Crippen LogP contribution in [0.4, 0.5) is 8.78 Å². The van der Waals surface area contributed by atoms with Crippen LogP contribution in [0, 0.1) is 0 Å². The van der Waals surface area contributed by atoms with Crippen LogP contribution in [0.3, 0.4) is 0 Å². The molecule has 70 valence electrons. The highest BCUT2D eigenvalue weighted by Gasteiger charge is 2.31. The van der Waals surface area contributed by atoms with Gasteiger partial charge in [-0.15, -0.1) is 0 Å². The second-order valence-corrected chi connectivity index (χ2v) is 3.32. The highest BCUT2D eigenvalue weighted by molar-refractivity contribution is 5.19. The maximum absolute atomic E-state index is 12.2. The summed E-state index contributed by atoms with van der Waals surface area (Å²) in [5, 5.41) is 3.02. The van der Waals surface area contributed by atoms with Gasteiger partial charge >= 0.3 is 0 Å². The summed E-state index contributed by atoms with van der Waals surface area (Å²) in [5.41, 5.74) is 5.00. The smallest absolute Gasteiger partial charge is 0.271 e. The molecule has 0 saturated carbocycles. The van der Waals surface area contributed by atoms with Gasteiger partial charge in [0.1, 0.15) is 0 Å². The van der Waals surface area contributed by atoms with Crippen LogP contribution in [0.2, 0.25) is 0 Å². The van der Waals surface area contributed by atoms with Crippen molar-refractivity contribution < 1.29 is 8.78 Å². The third kappa shape index (κ3) is 1.81. The Kier molecular flexibility index (Phi) is 2.80. The average molecular weight is 176 g/mol. The number of hydrogen-bond acceptors (Lipinski definition) is 2. The minimum absolute atomic E-state index is 0.0229. The molecule has 0 bridgehead atoms. The molecule has 1 fully saturated rings. The minimum Gasteiger partial charge on any atom is -0.320 e. The molecule has 0 spiro atoms. The maximum Gasteiger partial charge on any atom is 0.271 e. The van der Waals surface area contributed by atoms with Crippen molar-refractivity contribution >= 4 is 0 Å². The van der Waals surface area contributed by atoms with Crippen LogP contribution in [0.25, 0.3) is 0 Å². The van der Waals surface area contributed by atoms with Crippen molar-refractivity contribution in [3.63, 3.8) is 0 Å². The van der Waals surface area contributed by atoms with Crippen molar-refractivity contribution in [2.24, 2.45) is 5.73 Å². The standard InChI is InChI=1S/C8H14F2N2/c1-6(7(9)10)8(11)3-2-4-12-5-8/h12H,2-5,11H2,1H3. The van der Waals surface area contributed by atoms with Crippen LogP contribution < -0.4 is 11.1 Å². The number of nitrogens with two attached hydrogens (primary N) is 1. The third-order valence-corrected chi connectivity index (χ3v) is 2.45. The van der Waals surface area contributed by atoms with Crippen molar-refractivity contribution in [2.45, 2.75) is 25.3 Å². The predicted molar refractivity (Wildman–Crippen MR) is 43.9 cm³/mol. The fourth-order valence-electron chi connectivity index (χ4n) is 1.44. The van der Waals surface area contributed by atoms with Gasteiger partial charge in [0.05, 0.1) is 5.54 Å². The van der Waals surface area contributed by atoms with E-state index in [1.807, 2.05) is 0 Å². The molecule has 1 heterocycles. The lowest BCUT2D eigenvalue weighted by Gasteiger charge is -2.34. The molecule has 4 heteroatoms. The van der Waals surface area contributed by atoms with Crippen LogP contribution in [0.15, 0.2) is 11.7 Å². The molecule has 12 heavy (non-hydrogen) atoms. The molecule has 0 aromatic heterocycles. The van der Waals surface area contributed by atoms with Crippen molar-refractivity contribution in [3.8, 4) is 0 Å². The Morgan fingerprint density at radius 1 is 1.50 bits per heavy atom. The molecule has 0 aromatic carbocycles. The summed E-state index contributed by atoms with van der Waals surface area (Å²) in [4.78, 5) is 0. The van der Waals surface area contributed by atoms with E-state index in [0.29, 0.717) is 13.0 Å². The summed E-state index contributed by atoms with van der Waals surface area (Å²) in [6, 6.07) is 0. The molecule has 1 aliphatic heterocycles. The van der Waals surface area contributed by atoms with Gasteiger partial charge in [-0.3, -0.25) is 0 Å². The van der Waals surface area contributed by atoms with Gasteiger partial charge in [0, 0.05) is 12.1 Å². The Bertz CT molecular complexity index is 191. The van der Waals surface area contributed by atoms with Crippen molar-refractivity contribution in [1.29, 1.82) is 0 Å². The first-order valence-corrected chi connectivity index (χ1v) is 4.08. The largest absolute Gasteiger partial charge is 0.320 e. The summed E-state index contributed by atoms with van der Waals surface area (Å²) < 4.78 is 24.5. The first-order chi connectivity index (χ1) is 5.56.